The third-order valence-electron chi connectivity index (χ3n) is 1.15. The molecule has 0 aromatic rings. The Balaban J connectivity index is 3.86. The van der Waals surface area contributed by atoms with E-state index >= 15 is 0 Å². The zero-order valence-electron chi connectivity index (χ0n) is 5.81. The minimum Gasteiger partial charge on any atom is -0.550 e. The predicted molar refractivity (Wildman–Crippen MR) is 37.5 cm³/mol. The van der Waals surface area contributed by atoms with Gasteiger partial charge in [-0.3, -0.25) is 0 Å². The molecule has 0 saturated heterocycles. The van der Waals surface area contributed by atoms with Crippen molar-refractivity contribution >= 4 is 14.0 Å². The van der Waals surface area contributed by atoms with Gasteiger partial charge in [0.15, 0.2) is 0 Å². The highest BCUT2D eigenvalue weighted by molar-refractivity contribution is 6.84. The molecule has 0 aliphatic rings. The first-order valence-corrected chi connectivity index (χ1v) is 6.10. The van der Waals surface area contributed by atoms with Gasteiger partial charge in [-0.25, -0.2) is 0 Å². The average Bonchev–Trinajstić information content (AvgIpc) is 1.63. The summed E-state index contributed by atoms with van der Waals surface area (Å²) >= 11 is 0. The predicted octanol–water partition coefficient (Wildman–Crippen LogP) is 0.170. The standard InChI is InChI=1S/C6H12O2Si/c1-4-9(2,3)5-6(7)8/h4H,1,5H2,2-3H3,(H,7,8)/p-1. The Bertz CT molecular complexity index is 129. The van der Waals surface area contributed by atoms with E-state index in [1.54, 1.807) is 5.70 Å². The van der Waals surface area contributed by atoms with Crippen LogP contribution in [0, 0.1) is 0 Å². The Morgan fingerprint density at radius 2 is 2.22 bits per heavy atom. The first kappa shape index (κ1) is 8.43. The number of hydrogen-bond acceptors (Lipinski definition) is 2. The van der Waals surface area contributed by atoms with E-state index in [4.69, 9.17) is 0 Å². The summed E-state index contributed by atoms with van der Waals surface area (Å²) < 4.78 is 0. The van der Waals surface area contributed by atoms with Gasteiger partial charge in [-0.1, -0.05) is 13.1 Å². The minimum atomic E-state index is -1.64. The number of hydrogen-bond donors (Lipinski definition) is 0. The van der Waals surface area contributed by atoms with Gasteiger partial charge in [-0.15, -0.1) is 12.3 Å². The summed E-state index contributed by atoms with van der Waals surface area (Å²) in [5.41, 5.74) is 1.75. The summed E-state index contributed by atoms with van der Waals surface area (Å²) in [5, 5.41) is 10.0. The molecule has 0 N–H and O–H groups in total. The van der Waals surface area contributed by atoms with Crippen molar-refractivity contribution in [1.29, 1.82) is 0 Å². The first-order chi connectivity index (χ1) is 3.98. The molecule has 0 spiro atoms. The zero-order valence-corrected chi connectivity index (χ0v) is 6.81. The molecule has 0 saturated carbocycles. The maximum absolute atomic E-state index is 10.0. The quantitative estimate of drug-likeness (QED) is 0.528. The van der Waals surface area contributed by atoms with Crippen LogP contribution in [0.2, 0.25) is 19.1 Å². The molecule has 0 rings (SSSR count). The second kappa shape index (κ2) is 2.82. The first-order valence-electron chi connectivity index (χ1n) is 2.81. The van der Waals surface area contributed by atoms with Gasteiger partial charge in [0.2, 0.25) is 0 Å². The van der Waals surface area contributed by atoms with Crippen LogP contribution in [0.5, 0.6) is 0 Å². The second-order valence-electron chi connectivity index (χ2n) is 2.74. The van der Waals surface area contributed by atoms with Gasteiger partial charge in [0.1, 0.15) is 0 Å². The van der Waals surface area contributed by atoms with Crippen molar-refractivity contribution in [2.24, 2.45) is 0 Å². The van der Waals surface area contributed by atoms with Gasteiger partial charge in [0.05, 0.1) is 8.07 Å². The molecular formula is C6H11O2Si-. The molecule has 0 aliphatic carbocycles. The molecule has 3 heteroatoms. The Morgan fingerprint density at radius 3 is 2.33 bits per heavy atom. The zero-order chi connectivity index (χ0) is 7.49. The monoisotopic (exact) mass is 143 g/mol. The number of rotatable bonds is 3. The van der Waals surface area contributed by atoms with E-state index in [0.29, 0.717) is 0 Å². The van der Waals surface area contributed by atoms with Crippen LogP contribution >= 0.6 is 0 Å². The SMILES string of the molecule is C=C[Si](C)(C)CC(=O)[O-]. The van der Waals surface area contributed by atoms with Crippen molar-refractivity contribution < 1.29 is 9.90 Å². The van der Waals surface area contributed by atoms with E-state index in [-0.39, 0.29) is 6.04 Å². The van der Waals surface area contributed by atoms with Crippen molar-refractivity contribution in [3.63, 3.8) is 0 Å². The molecule has 0 fully saturated rings. The normalized spacial score (nSPS) is 10.9. The molecule has 52 valence electrons. The lowest BCUT2D eigenvalue weighted by atomic mass is 10.8. The molecule has 0 amide bonds. The smallest absolute Gasteiger partial charge is 0.0764 e. The van der Waals surface area contributed by atoms with Crippen LogP contribution in [0.25, 0.3) is 0 Å². The third kappa shape index (κ3) is 3.97. The highest BCUT2D eigenvalue weighted by Crippen LogP contribution is 2.07. The maximum atomic E-state index is 10.0. The van der Waals surface area contributed by atoms with E-state index < -0.39 is 14.0 Å². The molecule has 0 bridgehead atoms. The molecule has 0 unspecified atom stereocenters. The summed E-state index contributed by atoms with van der Waals surface area (Å²) in [4.78, 5) is 10.0. The fourth-order valence-electron chi connectivity index (χ4n) is 0.444. The van der Waals surface area contributed by atoms with E-state index in [9.17, 15) is 9.90 Å². The van der Waals surface area contributed by atoms with E-state index in [1.807, 2.05) is 13.1 Å². The number of carboxylic acids is 1. The number of carbonyl (C=O) groups excluding carboxylic acids is 1. The van der Waals surface area contributed by atoms with Crippen molar-refractivity contribution in [3.05, 3.63) is 12.3 Å². The van der Waals surface area contributed by atoms with Gasteiger partial charge in [0.25, 0.3) is 0 Å². The second-order valence-corrected chi connectivity index (χ2v) is 7.48. The van der Waals surface area contributed by atoms with Crippen LogP contribution in [0.1, 0.15) is 0 Å². The lowest BCUT2D eigenvalue weighted by molar-refractivity contribution is -0.302. The number of carboxylic acid groups (broad SMARTS) is 1. The lowest BCUT2D eigenvalue weighted by Gasteiger charge is -2.16. The maximum Gasteiger partial charge on any atom is 0.0764 e. The van der Waals surface area contributed by atoms with Gasteiger partial charge < -0.3 is 9.90 Å². The van der Waals surface area contributed by atoms with Crippen LogP contribution in [-0.2, 0) is 4.79 Å². The van der Waals surface area contributed by atoms with Crippen molar-refractivity contribution in [2.75, 3.05) is 0 Å². The van der Waals surface area contributed by atoms with Gasteiger partial charge in [0, 0.05) is 5.97 Å². The van der Waals surface area contributed by atoms with Crippen molar-refractivity contribution in [1.82, 2.24) is 0 Å². The summed E-state index contributed by atoms with van der Waals surface area (Å²) in [6, 6.07) is 0.177. The summed E-state index contributed by atoms with van der Waals surface area (Å²) in [5.74, 6) is -0.966. The molecule has 0 aromatic heterocycles. The third-order valence-corrected chi connectivity index (χ3v) is 3.46. The van der Waals surface area contributed by atoms with Crippen molar-refractivity contribution in [3.8, 4) is 0 Å². The van der Waals surface area contributed by atoms with Crippen LogP contribution in [0.3, 0.4) is 0 Å². The van der Waals surface area contributed by atoms with Gasteiger partial charge >= 0.3 is 0 Å². The van der Waals surface area contributed by atoms with E-state index in [1.165, 1.54) is 0 Å². The van der Waals surface area contributed by atoms with E-state index in [2.05, 4.69) is 6.58 Å². The Labute approximate surface area is 56.2 Å². The highest BCUT2D eigenvalue weighted by Gasteiger charge is 2.14. The lowest BCUT2D eigenvalue weighted by Crippen LogP contribution is -2.34. The van der Waals surface area contributed by atoms with Crippen LogP contribution in [-0.4, -0.2) is 14.0 Å². The van der Waals surface area contributed by atoms with E-state index in [0.717, 1.165) is 0 Å². The van der Waals surface area contributed by atoms with Crippen molar-refractivity contribution in [2.45, 2.75) is 19.1 Å². The molecule has 0 aliphatic heterocycles. The summed E-state index contributed by atoms with van der Waals surface area (Å²) in [7, 11) is -1.64. The molecule has 0 aromatic carbocycles. The summed E-state index contributed by atoms with van der Waals surface area (Å²) in [6.45, 7) is 7.44. The Morgan fingerprint density at radius 1 is 1.78 bits per heavy atom. The summed E-state index contributed by atoms with van der Waals surface area (Å²) in [6.07, 6.45) is 0. The largest absolute Gasteiger partial charge is 0.550 e. The van der Waals surface area contributed by atoms with Gasteiger partial charge in [-0.2, -0.15) is 0 Å². The van der Waals surface area contributed by atoms with Crippen LogP contribution in [0.4, 0.5) is 0 Å². The number of carbonyl (C=O) groups is 1. The minimum absolute atomic E-state index is 0.177. The fourth-order valence-corrected chi connectivity index (χ4v) is 1.33. The molecular weight excluding hydrogens is 132 g/mol. The number of aliphatic carboxylic acids is 1. The van der Waals surface area contributed by atoms with Crippen LogP contribution < -0.4 is 5.11 Å². The highest BCUT2D eigenvalue weighted by atomic mass is 28.3. The Hall–Kier alpha value is -0.573. The topological polar surface area (TPSA) is 40.1 Å². The van der Waals surface area contributed by atoms with Crippen LogP contribution in [0.15, 0.2) is 12.3 Å². The Kier molecular flexibility index (Phi) is 2.64. The molecule has 0 heterocycles. The molecule has 0 atom stereocenters. The molecule has 2 nitrogen and oxygen atoms in total. The molecule has 9 heavy (non-hydrogen) atoms. The fraction of sp³-hybridized carbons (Fsp3) is 0.500. The van der Waals surface area contributed by atoms with Gasteiger partial charge in [-0.05, 0) is 6.04 Å². The molecule has 0 radical (unpaired) electrons. The average molecular weight is 143 g/mol.